The Morgan fingerprint density at radius 3 is 2.00 bits per heavy atom. The Labute approximate surface area is 258 Å². The lowest BCUT2D eigenvalue weighted by atomic mass is 10.2. The maximum atomic E-state index is 3.61. The highest BCUT2D eigenvalue weighted by Crippen LogP contribution is 2.34. The van der Waals surface area contributed by atoms with E-state index in [0.29, 0.717) is 0 Å². The van der Waals surface area contributed by atoms with Crippen molar-refractivity contribution in [3.63, 3.8) is 0 Å². The van der Waals surface area contributed by atoms with Crippen LogP contribution < -0.4 is 0 Å². The molecule has 0 aliphatic rings. The third kappa shape index (κ3) is 3.55. The van der Waals surface area contributed by atoms with Crippen molar-refractivity contribution in [2.24, 2.45) is 0 Å². The summed E-state index contributed by atoms with van der Waals surface area (Å²) >= 11 is 0. The minimum absolute atomic E-state index is 1.06. The third-order valence-electron chi connectivity index (χ3n) is 9.25. The fourth-order valence-corrected chi connectivity index (χ4v) is 7.11. The molecular formula is C40H27N5. The highest BCUT2D eigenvalue weighted by molar-refractivity contribution is 5.97. The van der Waals surface area contributed by atoms with Crippen molar-refractivity contribution < 1.29 is 0 Å². The Morgan fingerprint density at radius 2 is 1.07 bits per heavy atom. The molecule has 5 heteroatoms. The van der Waals surface area contributed by atoms with E-state index in [0.717, 1.165) is 22.7 Å². The molecule has 0 atom stereocenters. The number of fused-ring (bicyclic) bond motifs is 5. The average Bonchev–Trinajstić information content (AvgIpc) is 3.92. The molecule has 5 nitrogen and oxygen atoms in total. The summed E-state index contributed by atoms with van der Waals surface area (Å²) in [5, 5.41) is 6.07. The van der Waals surface area contributed by atoms with E-state index in [1.807, 2.05) is 0 Å². The normalized spacial score (nSPS) is 12.0. The van der Waals surface area contributed by atoms with Crippen LogP contribution in [0.2, 0.25) is 0 Å². The third-order valence-corrected chi connectivity index (χ3v) is 9.25. The van der Waals surface area contributed by atoms with Gasteiger partial charge >= 0.3 is 0 Å². The molecule has 0 saturated carbocycles. The lowest BCUT2D eigenvalue weighted by Gasteiger charge is -2.10. The Hall–Kier alpha value is -6.20. The van der Waals surface area contributed by atoms with E-state index in [1.54, 1.807) is 0 Å². The summed E-state index contributed by atoms with van der Waals surface area (Å²) in [5.74, 6) is 1.06. The molecule has 0 aliphatic heterocycles. The van der Waals surface area contributed by atoms with Gasteiger partial charge in [0.15, 0.2) is 0 Å². The number of para-hydroxylation sites is 3. The van der Waals surface area contributed by atoms with Crippen molar-refractivity contribution in [2.45, 2.75) is 0 Å². The predicted molar refractivity (Wildman–Crippen MR) is 186 cm³/mol. The number of aromatic amines is 1. The molecule has 0 bridgehead atoms. The van der Waals surface area contributed by atoms with Gasteiger partial charge in [-0.1, -0.05) is 60.7 Å². The van der Waals surface area contributed by atoms with E-state index in [2.05, 4.69) is 181 Å². The number of hydrogen-bond donors (Lipinski definition) is 1. The van der Waals surface area contributed by atoms with Crippen LogP contribution in [0.4, 0.5) is 0 Å². The van der Waals surface area contributed by atoms with Gasteiger partial charge in [0, 0.05) is 57.5 Å². The van der Waals surface area contributed by atoms with Gasteiger partial charge in [-0.2, -0.15) is 0 Å². The molecule has 0 fully saturated rings. The van der Waals surface area contributed by atoms with Gasteiger partial charge in [0.1, 0.15) is 5.82 Å². The van der Waals surface area contributed by atoms with E-state index >= 15 is 0 Å². The molecule has 5 heterocycles. The first-order chi connectivity index (χ1) is 22.3. The van der Waals surface area contributed by atoms with Gasteiger partial charge in [-0.15, -0.1) is 0 Å². The topological polar surface area (TPSA) is 35.5 Å². The van der Waals surface area contributed by atoms with E-state index in [4.69, 9.17) is 0 Å². The van der Waals surface area contributed by atoms with Crippen molar-refractivity contribution in [1.82, 2.24) is 23.3 Å². The second-order valence-electron chi connectivity index (χ2n) is 11.7. The van der Waals surface area contributed by atoms with Gasteiger partial charge in [-0.25, -0.2) is 0 Å². The smallest absolute Gasteiger partial charge is 0.115 e. The fraction of sp³-hybridized carbons (Fsp3) is 0. The van der Waals surface area contributed by atoms with Gasteiger partial charge in [-0.3, -0.25) is 0 Å². The number of aromatic nitrogens is 5. The summed E-state index contributed by atoms with van der Waals surface area (Å²) in [6.45, 7) is 0. The van der Waals surface area contributed by atoms with Crippen LogP contribution in [0, 0.1) is 0 Å². The van der Waals surface area contributed by atoms with Crippen LogP contribution in [0.1, 0.15) is 0 Å². The molecule has 0 saturated heterocycles. The number of benzene rings is 5. The summed E-state index contributed by atoms with van der Waals surface area (Å²) in [7, 11) is 0. The van der Waals surface area contributed by atoms with Crippen LogP contribution >= 0.6 is 0 Å². The molecular weight excluding hydrogens is 550 g/mol. The predicted octanol–water partition coefficient (Wildman–Crippen LogP) is 9.94. The number of rotatable bonds is 4. The van der Waals surface area contributed by atoms with Crippen molar-refractivity contribution in [1.29, 1.82) is 0 Å². The van der Waals surface area contributed by atoms with Gasteiger partial charge in [0.2, 0.25) is 0 Å². The number of hydrogen-bond acceptors (Lipinski definition) is 0. The second kappa shape index (κ2) is 9.15. The maximum absolute atomic E-state index is 3.61. The zero-order chi connectivity index (χ0) is 29.5. The summed E-state index contributed by atoms with van der Waals surface area (Å²) in [6, 6.07) is 47.8. The van der Waals surface area contributed by atoms with Gasteiger partial charge in [-0.05, 0) is 78.2 Å². The van der Waals surface area contributed by atoms with Crippen LogP contribution in [0.15, 0.2) is 158 Å². The van der Waals surface area contributed by atoms with Crippen LogP contribution in [-0.4, -0.2) is 23.3 Å². The van der Waals surface area contributed by atoms with Crippen LogP contribution in [0.5, 0.6) is 0 Å². The largest absolute Gasteiger partial charge is 0.341 e. The monoisotopic (exact) mass is 577 g/mol. The van der Waals surface area contributed by atoms with E-state index in [1.165, 1.54) is 54.7 Å². The lowest BCUT2D eigenvalue weighted by Crippen LogP contribution is -1.96. The zero-order valence-corrected chi connectivity index (χ0v) is 24.3. The van der Waals surface area contributed by atoms with Crippen molar-refractivity contribution in [3.05, 3.63) is 158 Å². The first-order valence-electron chi connectivity index (χ1n) is 15.3. The average molecular weight is 578 g/mol. The van der Waals surface area contributed by atoms with Crippen molar-refractivity contribution >= 4 is 54.5 Å². The summed E-state index contributed by atoms with van der Waals surface area (Å²) in [4.78, 5) is 3.61. The second-order valence-corrected chi connectivity index (χ2v) is 11.7. The van der Waals surface area contributed by atoms with Gasteiger partial charge < -0.3 is 23.3 Å². The Bertz CT molecular complexity index is 2690. The van der Waals surface area contributed by atoms with Crippen LogP contribution in [0.25, 0.3) is 77.4 Å². The summed E-state index contributed by atoms with van der Waals surface area (Å²) in [5.41, 5.74) is 9.35. The molecule has 212 valence electrons. The molecule has 10 aromatic rings. The minimum atomic E-state index is 1.06. The molecule has 45 heavy (non-hydrogen) atoms. The van der Waals surface area contributed by atoms with Crippen molar-refractivity contribution in [3.8, 4) is 22.9 Å². The number of H-pyrrole nitrogens is 1. The lowest BCUT2D eigenvalue weighted by molar-refractivity contribution is 1.05. The standard InChI is InChI=1S/C40H27N5/c1-4-11-33-28(9-1)25-40(41-33)45-26-39(31-10-3-6-13-38(31)45)44-23-20-32-36(14-7-15-37(32)44)43-22-19-29-24-30(16-17-35(29)43)42-21-18-27-8-2-5-12-34(27)42/h1-26,41H. The van der Waals surface area contributed by atoms with Crippen LogP contribution in [0.3, 0.4) is 0 Å². The van der Waals surface area contributed by atoms with Gasteiger partial charge in [0.05, 0.1) is 33.4 Å². The highest BCUT2D eigenvalue weighted by Gasteiger charge is 2.16. The fourth-order valence-electron chi connectivity index (χ4n) is 7.11. The molecule has 0 amide bonds. The zero-order valence-electron chi connectivity index (χ0n) is 24.3. The maximum Gasteiger partial charge on any atom is 0.115 e. The summed E-state index contributed by atoms with van der Waals surface area (Å²) < 4.78 is 9.17. The molecule has 1 N–H and O–H groups in total. The number of nitrogens with zero attached hydrogens (tertiary/aromatic N) is 4. The van der Waals surface area contributed by atoms with Crippen LogP contribution in [-0.2, 0) is 0 Å². The molecule has 0 aliphatic carbocycles. The highest BCUT2D eigenvalue weighted by atomic mass is 15.1. The van der Waals surface area contributed by atoms with E-state index < -0.39 is 0 Å². The number of nitrogens with one attached hydrogen (secondary N) is 1. The minimum Gasteiger partial charge on any atom is -0.341 e. The Balaban J connectivity index is 1.10. The van der Waals surface area contributed by atoms with Crippen molar-refractivity contribution in [2.75, 3.05) is 0 Å². The van der Waals surface area contributed by atoms with Gasteiger partial charge in [0.25, 0.3) is 0 Å². The molecule has 0 radical (unpaired) electrons. The molecule has 10 rings (SSSR count). The quantitative estimate of drug-likeness (QED) is 0.216. The van der Waals surface area contributed by atoms with E-state index in [9.17, 15) is 0 Å². The summed E-state index contributed by atoms with van der Waals surface area (Å²) in [6.07, 6.45) is 8.79. The first-order valence-corrected chi connectivity index (χ1v) is 15.3. The molecule has 5 aromatic heterocycles. The molecule has 5 aromatic carbocycles. The molecule has 0 spiro atoms. The Morgan fingerprint density at radius 1 is 0.400 bits per heavy atom. The Kier molecular flexibility index (Phi) is 4.93. The SMILES string of the molecule is c1ccc2[nH]c(-n3cc(-n4ccc5c(-n6ccc7cc(-n8ccc9ccccc98)ccc76)cccc54)c4ccccc43)cc2c1. The van der Waals surface area contributed by atoms with E-state index in [-0.39, 0.29) is 0 Å². The molecule has 0 unspecified atom stereocenters. The first kappa shape index (κ1) is 24.3.